The predicted molar refractivity (Wildman–Crippen MR) is 30.4 cm³/mol. The van der Waals surface area contributed by atoms with Crippen LogP contribution in [0, 0.1) is 0 Å². The van der Waals surface area contributed by atoms with E-state index in [0.29, 0.717) is 0 Å². The van der Waals surface area contributed by atoms with Gasteiger partial charge in [-0.3, -0.25) is 10.2 Å². The van der Waals surface area contributed by atoms with E-state index in [9.17, 15) is 0 Å². The van der Waals surface area contributed by atoms with Gasteiger partial charge in [0.05, 0.1) is 6.20 Å². The van der Waals surface area contributed by atoms with Crippen molar-refractivity contribution in [3.05, 3.63) is 12.5 Å². The highest BCUT2D eigenvalue weighted by Crippen LogP contribution is 2.00. The van der Waals surface area contributed by atoms with E-state index in [1.54, 1.807) is 6.20 Å². The highest BCUT2D eigenvalue weighted by Gasteiger charge is 1.92. The van der Waals surface area contributed by atoms with Crippen molar-refractivity contribution in [3.8, 4) is 0 Å². The third kappa shape index (κ3) is 0.294. The van der Waals surface area contributed by atoms with Crippen LogP contribution in [0.1, 0.15) is 1.43 Å². The van der Waals surface area contributed by atoms with E-state index in [1.165, 1.54) is 6.33 Å². The average Bonchev–Trinajstić information content (AvgIpc) is 1.72. The molecule has 0 aliphatic carbocycles. The minimum atomic E-state index is 0. The van der Waals surface area contributed by atoms with Crippen LogP contribution in [0.25, 0.3) is 11.2 Å². The first-order chi connectivity index (χ1) is 3.97. The summed E-state index contributed by atoms with van der Waals surface area (Å²) in [4.78, 5) is 7.66. The van der Waals surface area contributed by atoms with E-state index in [4.69, 9.17) is 0 Å². The fourth-order valence-corrected chi connectivity index (χ4v) is 0.585. The fraction of sp³-hybridized carbons (Fsp3) is 0. The topological polar surface area (TPSA) is 57.4 Å². The minimum Gasteiger partial charge on any atom is -0.294 e. The quantitative estimate of drug-likeness (QED) is 0.519. The van der Waals surface area contributed by atoms with Gasteiger partial charge in [-0.05, 0) is 0 Å². The van der Waals surface area contributed by atoms with Crippen molar-refractivity contribution in [1.29, 1.82) is 0 Å². The lowest BCUT2D eigenvalue weighted by Gasteiger charge is -1.97. The summed E-state index contributed by atoms with van der Waals surface area (Å²) < 4.78 is 0. The number of nitrogens with zero attached hydrogens (tertiary/aromatic N) is 2. The first-order valence-electron chi connectivity index (χ1n) is 2.29. The molecule has 0 amide bonds. The Kier molecular flexibility index (Phi) is 0.498. The second kappa shape index (κ2) is 1.09. The Bertz CT molecular complexity index is 255. The molecule has 0 aromatic carbocycles. The highest BCUT2D eigenvalue weighted by atomic mass is 15.2. The van der Waals surface area contributed by atoms with E-state index in [1.807, 2.05) is 0 Å². The van der Waals surface area contributed by atoms with Gasteiger partial charge >= 0.3 is 0 Å². The number of rotatable bonds is 0. The fourth-order valence-electron chi connectivity index (χ4n) is 0.585. The van der Waals surface area contributed by atoms with E-state index < -0.39 is 0 Å². The second-order valence-corrected chi connectivity index (χ2v) is 1.54. The molecule has 0 aliphatic heterocycles. The van der Waals surface area contributed by atoms with Gasteiger partial charge in [-0.15, -0.1) is 0 Å². The summed E-state index contributed by atoms with van der Waals surface area (Å²) in [6.45, 7) is 0. The Morgan fingerprint density at radius 3 is 2.88 bits per heavy atom. The molecule has 2 rings (SSSR count). The van der Waals surface area contributed by atoms with Gasteiger partial charge in [-0.25, -0.2) is 9.97 Å². The molecule has 0 atom stereocenters. The molecular formula is C4H6N4. The van der Waals surface area contributed by atoms with Gasteiger partial charge in [-0.1, -0.05) is 0 Å². The van der Waals surface area contributed by atoms with Crippen LogP contribution in [0.2, 0.25) is 0 Å². The SMILES string of the molecule is [HH].c1ncc2[nH][nH]c2n1. The van der Waals surface area contributed by atoms with Crippen LogP contribution in [0.4, 0.5) is 0 Å². The predicted octanol–water partition coefficient (Wildman–Crippen LogP) is 0.532. The zero-order valence-electron chi connectivity index (χ0n) is 4.05. The number of hydrogen-bond acceptors (Lipinski definition) is 2. The standard InChI is InChI=1S/C4H4N4.H2/c1-3-4(8-7-3)6-2-5-1;/h1-2,7H,(H,5,6,8);1H. The molecule has 0 bridgehead atoms. The third-order valence-electron chi connectivity index (χ3n) is 1.03. The molecule has 0 fully saturated rings. The van der Waals surface area contributed by atoms with Crippen LogP contribution < -0.4 is 0 Å². The van der Waals surface area contributed by atoms with Gasteiger partial charge in [0.1, 0.15) is 11.8 Å². The lowest BCUT2D eigenvalue weighted by Crippen LogP contribution is -1.93. The zero-order chi connectivity index (χ0) is 5.40. The third-order valence-corrected chi connectivity index (χ3v) is 1.03. The normalized spacial score (nSPS) is 10.5. The Morgan fingerprint density at radius 1 is 1.50 bits per heavy atom. The molecule has 0 unspecified atom stereocenters. The van der Waals surface area contributed by atoms with E-state index >= 15 is 0 Å². The molecule has 8 heavy (non-hydrogen) atoms. The van der Waals surface area contributed by atoms with Gasteiger partial charge in [0, 0.05) is 1.43 Å². The van der Waals surface area contributed by atoms with Crippen molar-refractivity contribution in [2.24, 2.45) is 0 Å². The largest absolute Gasteiger partial charge is 0.294 e. The maximum Gasteiger partial charge on any atom is 0.173 e. The summed E-state index contributed by atoms with van der Waals surface area (Å²) in [5, 5.41) is 5.60. The van der Waals surface area contributed by atoms with Crippen LogP contribution in [0.3, 0.4) is 0 Å². The molecule has 2 heterocycles. The van der Waals surface area contributed by atoms with Gasteiger partial charge in [0.25, 0.3) is 0 Å². The maximum atomic E-state index is 3.88. The first kappa shape index (κ1) is 3.65. The Labute approximate surface area is 46.4 Å². The number of fused-ring (bicyclic) bond motifs is 1. The van der Waals surface area contributed by atoms with Gasteiger partial charge in [-0.2, -0.15) is 0 Å². The number of H-pyrrole nitrogens is 2. The van der Waals surface area contributed by atoms with Crippen molar-refractivity contribution in [2.75, 3.05) is 0 Å². The molecule has 4 nitrogen and oxygen atoms in total. The van der Waals surface area contributed by atoms with Crippen LogP contribution in [0.5, 0.6) is 0 Å². The van der Waals surface area contributed by atoms with E-state index in [0.717, 1.165) is 11.2 Å². The molecular weight excluding hydrogens is 104 g/mol. The lowest BCUT2D eigenvalue weighted by atomic mass is 10.5. The summed E-state index contributed by atoms with van der Waals surface area (Å²) in [5.74, 6) is 0. The van der Waals surface area contributed by atoms with Gasteiger partial charge < -0.3 is 0 Å². The van der Waals surface area contributed by atoms with Crippen LogP contribution in [0.15, 0.2) is 12.5 Å². The molecule has 0 saturated heterocycles. The highest BCUT2D eigenvalue weighted by molar-refractivity contribution is 5.69. The summed E-state index contributed by atoms with van der Waals surface area (Å²) in [5.41, 5.74) is 1.84. The minimum absolute atomic E-state index is 0. The lowest BCUT2D eigenvalue weighted by molar-refractivity contribution is 1.00. The molecule has 0 radical (unpaired) electrons. The molecule has 0 saturated carbocycles. The van der Waals surface area contributed by atoms with Gasteiger partial charge in [0.15, 0.2) is 5.65 Å². The first-order valence-corrected chi connectivity index (χ1v) is 2.29. The zero-order valence-corrected chi connectivity index (χ0v) is 4.05. The van der Waals surface area contributed by atoms with Crippen molar-refractivity contribution in [2.45, 2.75) is 0 Å². The Morgan fingerprint density at radius 2 is 2.50 bits per heavy atom. The van der Waals surface area contributed by atoms with E-state index in [2.05, 4.69) is 20.2 Å². The molecule has 2 N–H and O–H groups in total. The Balaban J connectivity index is 0.000000405. The van der Waals surface area contributed by atoms with Gasteiger partial charge in [0.2, 0.25) is 0 Å². The van der Waals surface area contributed by atoms with Crippen molar-refractivity contribution >= 4 is 11.2 Å². The monoisotopic (exact) mass is 110 g/mol. The summed E-state index contributed by atoms with van der Waals surface area (Å²) in [6.07, 6.45) is 3.23. The molecule has 0 aliphatic rings. The number of nitrogens with one attached hydrogen (secondary N) is 2. The van der Waals surface area contributed by atoms with Crippen LogP contribution in [-0.2, 0) is 0 Å². The number of aromatic amines is 2. The number of aromatic nitrogens is 4. The van der Waals surface area contributed by atoms with Crippen LogP contribution in [-0.4, -0.2) is 20.2 Å². The van der Waals surface area contributed by atoms with Crippen molar-refractivity contribution in [3.63, 3.8) is 0 Å². The summed E-state index contributed by atoms with van der Waals surface area (Å²) in [6, 6.07) is 0. The molecule has 2 aromatic rings. The van der Waals surface area contributed by atoms with Crippen molar-refractivity contribution < 1.29 is 1.43 Å². The summed E-state index contributed by atoms with van der Waals surface area (Å²) in [7, 11) is 0. The average molecular weight is 110 g/mol. The summed E-state index contributed by atoms with van der Waals surface area (Å²) >= 11 is 0. The molecule has 2 aromatic heterocycles. The Hall–Kier alpha value is -1.32. The van der Waals surface area contributed by atoms with Crippen molar-refractivity contribution in [1.82, 2.24) is 20.2 Å². The maximum absolute atomic E-state index is 3.88. The second-order valence-electron chi connectivity index (χ2n) is 1.54. The van der Waals surface area contributed by atoms with Crippen LogP contribution >= 0.6 is 0 Å². The smallest absolute Gasteiger partial charge is 0.173 e. The number of hydrogen-bond donors (Lipinski definition) is 2. The molecule has 42 valence electrons. The molecule has 4 heteroatoms. The molecule has 0 spiro atoms. The van der Waals surface area contributed by atoms with E-state index in [-0.39, 0.29) is 1.43 Å².